The Hall–Kier alpha value is -0.220. The van der Waals surface area contributed by atoms with Gasteiger partial charge in [-0.25, -0.2) is 0 Å². The number of carbonyl (C=O) groups excluding carboxylic acids is 1. The largest absolute Gasteiger partial charge is 0.342 e. The second-order valence-electron chi connectivity index (χ2n) is 4.08. The summed E-state index contributed by atoms with van der Waals surface area (Å²) in [6.07, 6.45) is 1.91. The van der Waals surface area contributed by atoms with E-state index in [9.17, 15) is 4.79 Å². The summed E-state index contributed by atoms with van der Waals surface area (Å²) in [5.41, 5.74) is 5.78. The van der Waals surface area contributed by atoms with Gasteiger partial charge in [0.15, 0.2) is 0 Å². The SMILES string of the molecule is CC(C)SCC(=O)N1CCC(N)CC1. The van der Waals surface area contributed by atoms with Crippen molar-refractivity contribution in [2.75, 3.05) is 18.8 Å². The number of hydrogen-bond acceptors (Lipinski definition) is 3. The standard InChI is InChI=1S/C10H20N2OS/c1-8(2)14-7-10(13)12-5-3-9(11)4-6-12/h8-9H,3-7,11H2,1-2H3. The number of amides is 1. The van der Waals surface area contributed by atoms with Crippen molar-refractivity contribution in [3.05, 3.63) is 0 Å². The summed E-state index contributed by atoms with van der Waals surface area (Å²) in [7, 11) is 0. The summed E-state index contributed by atoms with van der Waals surface area (Å²) in [4.78, 5) is 13.6. The summed E-state index contributed by atoms with van der Waals surface area (Å²) in [5, 5.41) is 0.533. The highest BCUT2D eigenvalue weighted by Gasteiger charge is 2.20. The van der Waals surface area contributed by atoms with Gasteiger partial charge in [-0.05, 0) is 18.1 Å². The molecule has 1 saturated heterocycles. The predicted octanol–water partition coefficient (Wildman–Crippen LogP) is 1.08. The number of nitrogens with two attached hydrogens (primary N) is 1. The van der Waals surface area contributed by atoms with Crippen molar-refractivity contribution < 1.29 is 4.79 Å². The number of hydrogen-bond donors (Lipinski definition) is 1. The maximum atomic E-state index is 11.7. The Morgan fingerprint density at radius 2 is 2.07 bits per heavy atom. The van der Waals surface area contributed by atoms with Crippen molar-refractivity contribution in [1.82, 2.24) is 4.90 Å². The molecule has 1 rings (SSSR count). The molecule has 14 heavy (non-hydrogen) atoms. The first-order valence-corrected chi connectivity index (χ1v) is 6.29. The minimum Gasteiger partial charge on any atom is -0.342 e. The van der Waals surface area contributed by atoms with Crippen LogP contribution in [0.15, 0.2) is 0 Å². The smallest absolute Gasteiger partial charge is 0.232 e. The van der Waals surface area contributed by atoms with Crippen LogP contribution >= 0.6 is 11.8 Å². The molecule has 0 aliphatic carbocycles. The van der Waals surface area contributed by atoms with E-state index in [0.717, 1.165) is 25.9 Å². The summed E-state index contributed by atoms with van der Waals surface area (Å²) in [5.74, 6) is 0.892. The molecule has 1 fully saturated rings. The molecule has 0 aromatic heterocycles. The van der Waals surface area contributed by atoms with Crippen molar-refractivity contribution in [2.45, 2.75) is 38.0 Å². The molecule has 0 aromatic rings. The van der Waals surface area contributed by atoms with Gasteiger partial charge < -0.3 is 10.6 Å². The molecule has 2 N–H and O–H groups in total. The lowest BCUT2D eigenvalue weighted by molar-refractivity contribution is -0.129. The summed E-state index contributed by atoms with van der Waals surface area (Å²) in [6, 6.07) is 0.303. The number of nitrogens with zero attached hydrogens (tertiary/aromatic N) is 1. The third-order valence-electron chi connectivity index (χ3n) is 2.43. The van der Waals surface area contributed by atoms with Gasteiger partial charge in [0.1, 0.15) is 0 Å². The third kappa shape index (κ3) is 3.88. The Bertz CT molecular complexity index is 189. The Morgan fingerprint density at radius 3 is 2.57 bits per heavy atom. The second-order valence-corrected chi connectivity index (χ2v) is 5.64. The lowest BCUT2D eigenvalue weighted by atomic mass is 10.1. The van der Waals surface area contributed by atoms with Crippen LogP contribution in [0.3, 0.4) is 0 Å². The first-order valence-electron chi connectivity index (χ1n) is 5.24. The van der Waals surface area contributed by atoms with Gasteiger partial charge in [0.2, 0.25) is 5.91 Å². The van der Waals surface area contributed by atoms with Gasteiger partial charge >= 0.3 is 0 Å². The molecule has 4 heteroatoms. The minimum atomic E-state index is 0.274. The summed E-state index contributed by atoms with van der Waals surface area (Å²) in [6.45, 7) is 5.92. The average molecular weight is 216 g/mol. The van der Waals surface area contributed by atoms with Gasteiger partial charge in [0.25, 0.3) is 0 Å². The molecule has 0 aromatic carbocycles. The molecule has 0 atom stereocenters. The van der Waals surface area contributed by atoms with E-state index >= 15 is 0 Å². The van der Waals surface area contributed by atoms with Crippen LogP contribution in [0.5, 0.6) is 0 Å². The average Bonchev–Trinajstić information content (AvgIpc) is 2.15. The predicted molar refractivity (Wildman–Crippen MR) is 61.4 cm³/mol. The van der Waals surface area contributed by atoms with E-state index in [4.69, 9.17) is 5.73 Å². The third-order valence-corrected chi connectivity index (χ3v) is 3.51. The molecule has 0 unspecified atom stereocenters. The number of carbonyl (C=O) groups is 1. The topological polar surface area (TPSA) is 46.3 Å². The number of thioether (sulfide) groups is 1. The van der Waals surface area contributed by atoms with Crippen LogP contribution in [-0.2, 0) is 4.79 Å². The van der Waals surface area contributed by atoms with Crippen LogP contribution in [0.1, 0.15) is 26.7 Å². The van der Waals surface area contributed by atoms with Crippen LogP contribution in [0, 0.1) is 0 Å². The van der Waals surface area contributed by atoms with Gasteiger partial charge in [0, 0.05) is 19.1 Å². The van der Waals surface area contributed by atoms with Crippen LogP contribution in [0.4, 0.5) is 0 Å². The van der Waals surface area contributed by atoms with Crippen LogP contribution in [0.25, 0.3) is 0 Å². The van der Waals surface area contributed by atoms with Crippen molar-refractivity contribution in [1.29, 1.82) is 0 Å². The fraction of sp³-hybridized carbons (Fsp3) is 0.900. The zero-order chi connectivity index (χ0) is 10.6. The van der Waals surface area contributed by atoms with Gasteiger partial charge in [-0.2, -0.15) is 0 Å². The summed E-state index contributed by atoms with van der Waals surface area (Å²) < 4.78 is 0. The Balaban J connectivity index is 2.24. The van der Waals surface area contributed by atoms with E-state index in [1.807, 2.05) is 4.90 Å². The van der Waals surface area contributed by atoms with E-state index < -0.39 is 0 Å². The quantitative estimate of drug-likeness (QED) is 0.768. The monoisotopic (exact) mass is 216 g/mol. The van der Waals surface area contributed by atoms with Crippen LogP contribution < -0.4 is 5.73 Å². The van der Waals surface area contributed by atoms with E-state index in [1.165, 1.54) is 0 Å². The van der Waals surface area contributed by atoms with Crippen molar-refractivity contribution in [3.63, 3.8) is 0 Å². The molecule has 0 radical (unpaired) electrons. The van der Waals surface area contributed by atoms with Crippen molar-refractivity contribution in [3.8, 4) is 0 Å². The van der Waals surface area contributed by atoms with Gasteiger partial charge in [0.05, 0.1) is 5.75 Å². The number of likely N-dealkylation sites (tertiary alicyclic amines) is 1. The van der Waals surface area contributed by atoms with Crippen molar-refractivity contribution in [2.24, 2.45) is 5.73 Å². The molecule has 1 heterocycles. The Kier molecular flexibility index (Phi) is 4.75. The lowest BCUT2D eigenvalue weighted by Crippen LogP contribution is -2.43. The van der Waals surface area contributed by atoms with Gasteiger partial charge in [-0.3, -0.25) is 4.79 Å². The highest BCUT2D eigenvalue weighted by Crippen LogP contribution is 2.13. The molecule has 1 aliphatic heterocycles. The molecule has 1 aliphatic rings. The Labute approximate surface area is 90.4 Å². The number of rotatable bonds is 3. The zero-order valence-electron chi connectivity index (χ0n) is 9.03. The molecular formula is C10H20N2OS. The molecule has 0 saturated carbocycles. The van der Waals surface area contributed by atoms with Crippen LogP contribution in [0.2, 0.25) is 0 Å². The maximum absolute atomic E-state index is 11.7. The second kappa shape index (κ2) is 5.61. The van der Waals surface area contributed by atoms with E-state index in [0.29, 0.717) is 17.0 Å². The molecule has 1 amide bonds. The van der Waals surface area contributed by atoms with Crippen LogP contribution in [-0.4, -0.2) is 40.9 Å². The molecule has 3 nitrogen and oxygen atoms in total. The molecule has 0 spiro atoms. The zero-order valence-corrected chi connectivity index (χ0v) is 9.85. The highest BCUT2D eigenvalue weighted by atomic mass is 32.2. The van der Waals surface area contributed by atoms with E-state index in [1.54, 1.807) is 11.8 Å². The fourth-order valence-electron chi connectivity index (χ4n) is 1.48. The number of piperidine rings is 1. The molecule has 82 valence electrons. The summed E-state index contributed by atoms with van der Waals surface area (Å²) >= 11 is 1.71. The van der Waals surface area contributed by atoms with E-state index in [-0.39, 0.29) is 5.91 Å². The van der Waals surface area contributed by atoms with Gasteiger partial charge in [-0.1, -0.05) is 13.8 Å². The van der Waals surface area contributed by atoms with Crippen molar-refractivity contribution >= 4 is 17.7 Å². The molecule has 0 bridgehead atoms. The normalized spacial score (nSPS) is 19.0. The minimum absolute atomic E-state index is 0.274. The molecular weight excluding hydrogens is 196 g/mol. The Morgan fingerprint density at radius 1 is 1.50 bits per heavy atom. The fourth-order valence-corrected chi connectivity index (χ4v) is 2.14. The van der Waals surface area contributed by atoms with E-state index in [2.05, 4.69) is 13.8 Å². The maximum Gasteiger partial charge on any atom is 0.232 e. The first-order chi connectivity index (χ1) is 6.59. The van der Waals surface area contributed by atoms with Gasteiger partial charge in [-0.15, -0.1) is 11.8 Å². The lowest BCUT2D eigenvalue weighted by Gasteiger charge is -2.30. The first kappa shape index (κ1) is 11.9. The highest BCUT2D eigenvalue weighted by molar-refractivity contribution is 8.00.